The van der Waals surface area contributed by atoms with Gasteiger partial charge in [-0.05, 0) is 17.6 Å². The smallest absolute Gasteiger partial charge is 0.184 e. The molecule has 0 atom stereocenters. The Bertz CT molecular complexity index is 486. The van der Waals surface area contributed by atoms with E-state index in [1.54, 1.807) is 6.07 Å². The van der Waals surface area contributed by atoms with E-state index in [1.165, 1.54) is 18.6 Å². The average Bonchev–Trinajstić information content (AvgIpc) is 2.62. The van der Waals surface area contributed by atoms with Crippen LogP contribution in [0.3, 0.4) is 0 Å². The van der Waals surface area contributed by atoms with E-state index in [2.05, 4.69) is 9.36 Å². The minimum atomic E-state index is 0.279. The molecule has 2 aromatic rings. The Morgan fingerprint density at radius 1 is 1.62 bits per heavy atom. The largest absolute Gasteiger partial charge is 0.494 e. The maximum absolute atomic E-state index is 8.73. The predicted molar refractivity (Wildman–Crippen MR) is 48.7 cm³/mol. The molecule has 0 saturated heterocycles. The molecule has 64 valence electrons. The number of hydrogen-bond donors (Lipinski definition) is 0. The minimum Gasteiger partial charge on any atom is -0.494 e. The molecular weight excluding hydrogens is 186 g/mol. The highest BCUT2D eigenvalue weighted by molar-refractivity contribution is 7.04. The number of pyridine rings is 1. The van der Waals surface area contributed by atoms with Crippen LogP contribution in [0.2, 0.25) is 0 Å². The van der Waals surface area contributed by atoms with Crippen molar-refractivity contribution in [1.29, 1.82) is 5.26 Å². The molecule has 4 nitrogen and oxygen atoms in total. The number of rotatable bonds is 1. The van der Waals surface area contributed by atoms with E-state index in [-0.39, 0.29) is 5.69 Å². The second kappa shape index (κ2) is 2.99. The number of fused-ring (bicyclic) bond motifs is 1. The molecule has 13 heavy (non-hydrogen) atoms. The highest BCUT2D eigenvalue weighted by atomic mass is 32.1. The fourth-order valence-corrected chi connectivity index (χ4v) is 1.61. The maximum atomic E-state index is 8.73. The third kappa shape index (κ3) is 1.21. The van der Waals surface area contributed by atoms with Crippen molar-refractivity contribution in [3.63, 3.8) is 0 Å². The number of nitrogens with zero attached hydrogens (tertiary/aromatic N) is 3. The predicted octanol–water partition coefficient (Wildman–Crippen LogP) is 1.57. The van der Waals surface area contributed by atoms with Gasteiger partial charge in [0.15, 0.2) is 17.1 Å². The first-order valence-corrected chi connectivity index (χ1v) is 4.38. The minimum absolute atomic E-state index is 0.279. The quantitative estimate of drug-likeness (QED) is 0.686. The maximum Gasteiger partial charge on any atom is 0.184 e. The summed E-state index contributed by atoms with van der Waals surface area (Å²) in [6, 6.07) is 3.73. The van der Waals surface area contributed by atoms with E-state index in [1.807, 2.05) is 11.4 Å². The van der Waals surface area contributed by atoms with Crippen LogP contribution in [-0.4, -0.2) is 16.5 Å². The Morgan fingerprint density at radius 2 is 2.46 bits per heavy atom. The van der Waals surface area contributed by atoms with Gasteiger partial charge in [-0.25, -0.2) is 4.98 Å². The van der Waals surface area contributed by atoms with Gasteiger partial charge in [0, 0.05) is 10.8 Å². The Balaban J connectivity index is 2.76. The first-order valence-electron chi connectivity index (χ1n) is 3.54. The van der Waals surface area contributed by atoms with E-state index >= 15 is 0 Å². The first kappa shape index (κ1) is 7.95. The third-order valence-corrected chi connectivity index (χ3v) is 2.28. The van der Waals surface area contributed by atoms with Crippen LogP contribution in [0.1, 0.15) is 5.69 Å². The number of aromatic nitrogens is 2. The first-order chi connectivity index (χ1) is 6.35. The summed E-state index contributed by atoms with van der Waals surface area (Å²) in [6.45, 7) is 0. The molecule has 2 aromatic heterocycles. The highest BCUT2D eigenvalue weighted by Crippen LogP contribution is 2.22. The van der Waals surface area contributed by atoms with E-state index in [0.29, 0.717) is 11.4 Å². The van der Waals surface area contributed by atoms with E-state index in [9.17, 15) is 0 Å². The van der Waals surface area contributed by atoms with Crippen molar-refractivity contribution in [3.8, 4) is 11.8 Å². The van der Waals surface area contributed by atoms with Gasteiger partial charge in [-0.2, -0.15) is 9.64 Å². The van der Waals surface area contributed by atoms with Crippen LogP contribution in [-0.2, 0) is 0 Å². The summed E-state index contributed by atoms with van der Waals surface area (Å²) in [5.41, 5.74) is 0.878. The SMILES string of the molecule is COc1cc2csnc2nc1C#N. The van der Waals surface area contributed by atoms with Crippen molar-refractivity contribution in [2.45, 2.75) is 0 Å². The van der Waals surface area contributed by atoms with Gasteiger partial charge >= 0.3 is 0 Å². The molecule has 0 aliphatic rings. The van der Waals surface area contributed by atoms with Crippen molar-refractivity contribution in [1.82, 2.24) is 9.36 Å². The molecule has 0 aliphatic heterocycles. The second-order valence-corrected chi connectivity index (χ2v) is 3.01. The van der Waals surface area contributed by atoms with Crippen molar-refractivity contribution < 1.29 is 4.74 Å². The number of ether oxygens (including phenoxy) is 1. The van der Waals surface area contributed by atoms with Crippen LogP contribution in [0.5, 0.6) is 5.75 Å². The molecule has 0 amide bonds. The lowest BCUT2D eigenvalue weighted by Crippen LogP contribution is -1.91. The zero-order valence-electron chi connectivity index (χ0n) is 6.81. The summed E-state index contributed by atoms with van der Waals surface area (Å²) in [7, 11) is 1.52. The molecule has 0 aromatic carbocycles. The average molecular weight is 191 g/mol. The number of methoxy groups -OCH3 is 1. The molecule has 0 fully saturated rings. The molecule has 0 unspecified atom stereocenters. The zero-order valence-corrected chi connectivity index (χ0v) is 7.63. The molecule has 0 spiro atoms. The Kier molecular flexibility index (Phi) is 1.83. The lowest BCUT2D eigenvalue weighted by molar-refractivity contribution is 0.412. The van der Waals surface area contributed by atoms with Gasteiger partial charge < -0.3 is 4.74 Å². The molecular formula is C8H5N3OS. The summed E-state index contributed by atoms with van der Waals surface area (Å²) in [5, 5.41) is 11.5. The topological polar surface area (TPSA) is 58.8 Å². The molecule has 5 heteroatoms. The van der Waals surface area contributed by atoms with Gasteiger partial charge in [0.25, 0.3) is 0 Å². The van der Waals surface area contributed by atoms with Crippen LogP contribution in [0.4, 0.5) is 0 Å². The van der Waals surface area contributed by atoms with E-state index < -0.39 is 0 Å². The number of hydrogen-bond acceptors (Lipinski definition) is 5. The fourth-order valence-electron chi connectivity index (χ4n) is 1.03. The second-order valence-electron chi connectivity index (χ2n) is 2.38. The lowest BCUT2D eigenvalue weighted by atomic mass is 10.3. The molecule has 0 bridgehead atoms. The van der Waals surface area contributed by atoms with Crippen LogP contribution in [0.15, 0.2) is 11.4 Å². The van der Waals surface area contributed by atoms with Gasteiger partial charge in [0.2, 0.25) is 0 Å². The van der Waals surface area contributed by atoms with Gasteiger partial charge in [-0.3, -0.25) is 0 Å². The molecule has 0 radical (unpaired) electrons. The Morgan fingerprint density at radius 3 is 3.15 bits per heavy atom. The van der Waals surface area contributed by atoms with Crippen molar-refractivity contribution >= 4 is 22.6 Å². The summed E-state index contributed by atoms with van der Waals surface area (Å²) >= 11 is 1.31. The van der Waals surface area contributed by atoms with Gasteiger partial charge in [0.05, 0.1) is 7.11 Å². The van der Waals surface area contributed by atoms with Crippen molar-refractivity contribution in [2.24, 2.45) is 0 Å². The summed E-state index contributed by atoms with van der Waals surface area (Å²) < 4.78 is 9.03. The van der Waals surface area contributed by atoms with Crippen LogP contribution >= 0.6 is 11.5 Å². The summed E-state index contributed by atoms with van der Waals surface area (Å²) in [4.78, 5) is 4.04. The van der Waals surface area contributed by atoms with E-state index in [0.717, 1.165) is 5.39 Å². The summed E-state index contributed by atoms with van der Waals surface area (Å²) in [6.07, 6.45) is 0. The normalized spacial score (nSPS) is 9.85. The van der Waals surface area contributed by atoms with Gasteiger partial charge in [0.1, 0.15) is 6.07 Å². The number of nitriles is 1. The van der Waals surface area contributed by atoms with Crippen LogP contribution in [0, 0.1) is 11.3 Å². The van der Waals surface area contributed by atoms with Crippen LogP contribution in [0.25, 0.3) is 11.0 Å². The molecule has 2 heterocycles. The molecule has 0 N–H and O–H groups in total. The lowest BCUT2D eigenvalue weighted by Gasteiger charge is -1.99. The van der Waals surface area contributed by atoms with Gasteiger partial charge in [-0.15, -0.1) is 0 Å². The highest BCUT2D eigenvalue weighted by Gasteiger charge is 2.07. The van der Waals surface area contributed by atoms with E-state index in [4.69, 9.17) is 10.00 Å². The van der Waals surface area contributed by atoms with Crippen molar-refractivity contribution in [2.75, 3.05) is 7.11 Å². The molecule has 2 rings (SSSR count). The fraction of sp³-hybridized carbons (Fsp3) is 0.125. The Hall–Kier alpha value is -1.67. The zero-order chi connectivity index (χ0) is 9.26. The van der Waals surface area contributed by atoms with Gasteiger partial charge in [-0.1, -0.05) is 0 Å². The standard InChI is InChI=1S/C8H5N3OS/c1-12-7-2-5-4-13-11-8(5)10-6(7)3-9/h2,4H,1H3. The Labute approximate surface area is 78.6 Å². The van der Waals surface area contributed by atoms with Crippen LogP contribution < -0.4 is 4.74 Å². The molecule has 0 aliphatic carbocycles. The van der Waals surface area contributed by atoms with Crippen molar-refractivity contribution in [3.05, 3.63) is 17.1 Å². The molecule has 0 saturated carbocycles. The summed E-state index contributed by atoms with van der Waals surface area (Å²) in [5.74, 6) is 0.496. The monoisotopic (exact) mass is 191 g/mol. The third-order valence-electron chi connectivity index (χ3n) is 1.64.